The molecule has 0 aromatic carbocycles. The van der Waals surface area contributed by atoms with Crippen LogP contribution in [0.3, 0.4) is 0 Å². The predicted molar refractivity (Wildman–Crippen MR) is 79.3 cm³/mol. The van der Waals surface area contributed by atoms with Crippen molar-refractivity contribution in [2.75, 3.05) is 13.2 Å². The third-order valence-corrected chi connectivity index (χ3v) is 3.00. The second-order valence-electron chi connectivity index (χ2n) is 5.67. The van der Waals surface area contributed by atoms with Crippen molar-refractivity contribution in [1.82, 2.24) is 15.1 Å². The van der Waals surface area contributed by atoms with Crippen molar-refractivity contribution in [2.24, 2.45) is 7.05 Å². The lowest BCUT2D eigenvalue weighted by atomic mass is 10.1. The molecule has 0 aliphatic carbocycles. The lowest BCUT2D eigenvalue weighted by molar-refractivity contribution is 0.0760. The summed E-state index contributed by atoms with van der Waals surface area (Å²) in [6.07, 6.45) is 4.74. The van der Waals surface area contributed by atoms with Crippen LogP contribution in [0.5, 0.6) is 0 Å². The number of aromatic nitrogens is 2. The Balaban J connectivity index is 2.19. The van der Waals surface area contributed by atoms with Gasteiger partial charge in [-0.25, -0.2) is 0 Å². The molecule has 0 spiro atoms. The van der Waals surface area contributed by atoms with Gasteiger partial charge < -0.3 is 10.1 Å². The van der Waals surface area contributed by atoms with E-state index in [-0.39, 0.29) is 0 Å². The smallest absolute Gasteiger partial charge is 0.0694 e. The monoisotopic (exact) mass is 267 g/mol. The van der Waals surface area contributed by atoms with Crippen LogP contribution in [0.2, 0.25) is 0 Å². The van der Waals surface area contributed by atoms with Crippen LogP contribution < -0.4 is 5.32 Å². The van der Waals surface area contributed by atoms with Gasteiger partial charge in [-0.2, -0.15) is 5.10 Å². The number of rotatable bonds is 9. The van der Waals surface area contributed by atoms with Gasteiger partial charge in [0, 0.05) is 32.0 Å². The summed E-state index contributed by atoms with van der Waals surface area (Å²) in [6.45, 7) is 11.3. The largest absolute Gasteiger partial charge is 0.379 e. The van der Waals surface area contributed by atoms with Gasteiger partial charge in [-0.05, 0) is 39.2 Å². The zero-order valence-corrected chi connectivity index (χ0v) is 13.1. The van der Waals surface area contributed by atoms with E-state index in [1.54, 1.807) is 0 Å². The molecule has 0 saturated heterocycles. The molecule has 0 atom stereocenters. The van der Waals surface area contributed by atoms with Crippen LogP contribution in [-0.2, 0) is 18.3 Å². The molecule has 110 valence electrons. The molecule has 19 heavy (non-hydrogen) atoms. The highest BCUT2D eigenvalue weighted by Gasteiger charge is 2.10. The third kappa shape index (κ3) is 6.21. The number of hydrogen-bond acceptors (Lipinski definition) is 3. The van der Waals surface area contributed by atoms with Gasteiger partial charge in [0.25, 0.3) is 0 Å². The number of nitrogens with zero attached hydrogens (tertiary/aromatic N) is 2. The van der Waals surface area contributed by atoms with Crippen LogP contribution in [0.25, 0.3) is 0 Å². The van der Waals surface area contributed by atoms with E-state index in [9.17, 15) is 0 Å². The molecule has 4 nitrogen and oxygen atoms in total. The maximum absolute atomic E-state index is 5.52. The van der Waals surface area contributed by atoms with Crippen LogP contribution in [0.4, 0.5) is 0 Å². The number of hydrogen-bond donors (Lipinski definition) is 1. The Labute approximate surface area is 117 Å². The fourth-order valence-corrected chi connectivity index (χ4v) is 2.07. The van der Waals surface area contributed by atoms with E-state index >= 15 is 0 Å². The standard InChI is InChI=1S/C15H29N3O/c1-12(2)15-14(11-18(5)17-15)10-16-8-6-7-9-19-13(3)4/h11-13,16H,6-10H2,1-5H3. The van der Waals surface area contributed by atoms with Gasteiger partial charge in [-0.15, -0.1) is 0 Å². The summed E-state index contributed by atoms with van der Waals surface area (Å²) in [5.41, 5.74) is 2.52. The van der Waals surface area contributed by atoms with E-state index in [0.717, 1.165) is 32.5 Å². The van der Waals surface area contributed by atoms with Crippen LogP contribution >= 0.6 is 0 Å². The minimum absolute atomic E-state index is 0.344. The fraction of sp³-hybridized carbons (Fsp3) is 0.800. The molecule has 0 aliphatic heterocycles. The molecule has 1 aromatic rings. The van der Waals surface area contributed by atoms with Gasteiger partial charge in [0.1, 0.15) is 0 Å². The van der Waals surface area contributed by atoms with E-state index in [1.807, 2.05) is 11.7 Å². The maximum Gasteiger partial charge on any atom is 0.0694 e. The second kappa shape index (κ2) is 8.33. The van der Waals surface area contributed by atoms with Crippen molar-refractivity contribution >= 4 is 0 Å². The van der Waals surface area contributed by atoms with Crippen LogP contribution in [0.1, 0.15) is 57.7 Å². The molecule has 0 fully saturated rings. The maximum atomic E-state index is 5.52. The van der Waals surface area contributed by atoms with Gasteiger partial charge in [-0.3, -0.25) is 4.68 Å². The van der Waals surface area contributed by atoms with E-state index in [0.29, 0.717) is 12.0 Å². The number of aryl methyl sites for hydroxylation is 1. The Bertz CT molecular complexity index is 358. The van der Waals surface area contributed by atoms with Gasteiger partial charge in [0.15, 0.2) is 0 Å². The predicted octanol–water partition coefficient (Wildman–Crippen LogP) is 2.84. The number of nitrogens with one attached hydrogen (secondary N) is 1. The Hall–Kier alpha value is -0.870. The summed E-state index contributed by atoms with van der Waals surface area (Å²) in [7, 11) is 1.98. The van der Waals surface area contributed by atoms with E-state index < -0.39 is 0 Å². The van der Waals surface area contributed by atoms with Crippen molar-refractivity contribution < 1.29 is 4.74 Å². The molecular formula is C15H29N3O. The lowest BCUT2D eigenvalue weighted by Gasteiger charge is -2.08. The summed E-state index contributed by atoms with van der Waals surface area (Å²) in [4.78, 5) is 0. The van der Waals surface area contributed by atoms with Crippen molar-refractivity contribution in [3.8, 4) is 0 Å². The highest BCUT2D eigenvalue weighted by Crippen LogP contribution is 2.16. The molecule has 4 heteroatoms. The van der Waals surface area contributed by atoms with Crippen molar-refractivity contribution in [3.05, 3.63) is 17.5 Å². The van der Waals surface area contributed by atoms with E-state index in [4.69, 9.17) is 4.74 Å². The first-order valence-corrected chi connectivity index (χ1v) is 7.35. The van der Waals surface area contributed by atoms with Crippen molar-refractivity contribution in [2.45, 2.75) is 59.1 Å². The number of ether oxygens (including phenoxy) is 1. The highest BCUT2D eigenvalue weighted by atomic mass is 16.5. The molecule has 0 unspecified atom stereocenters. The normalized spacial score (nSPS) is 11.7. The van der Waals surface area contributed by atoms with E-state index in [2.05, 4.69) is 44.3 Å². The second-order valence-corrected chi connectivity index (χ2v) is 5.67. The zero-order chi connectivity index (χ0) is 14.3. The summed E-state index contributed by atoms with van der Waals surface area (Å²) >= 11 is 0. The Kier molecular flexibility index (Phi) is 7.10. The van der Waals surface area contributed by atoms with Gasteiger partial charge in [0.05, 0.1) is 11.8 Å². The Morgan fingerprint density at radius 2 is 2.00 bits per heavy atom. The Morgan fingerprint density at radius 1 is 1.26 bits per heavy atom. The minimum atomic E-state index is 0.344. The molecule has 0 radical (unpaired) electrons. The van der Waals surface area contributed by atoms with E-state index in [1.165, 1.54) is 11.3 Å². The molecule has 0 aliphatic rings. The summed E-state index contributed by atoms with van der Waals surface area (Å²) < 4.78 is 7.43. The van der Waals surface area contributed by atoms with Gasteiger partial charge in [0.2, 0.25) is 0 Å². The first kappa shape index (κ1) is 16.2. The average Bonchev–Trinajstić information content (AvgIpc) is 2.69. The highest BCUT2D eigenvalue weighted by molar-refractivity contribution is 5.19. The first-order valence-electron chi connectivity index (χ1n) is 7.35. The quantitative estimate of drug-likeness (QED) is 0.699. The van der Waals surface area contributed by atoms with Crippen LogP contribution in [0, 0.1) is 0 Å². The summed E-state index contributed by atoms with van der Waals surface area (Å²) in [6, 6.07) is 0. The first-order chi connectivity index (χ1) is 9.00. The molecule has 1 rings (SSSR count). The SMILES string of the molecule is CC(C)OCCCCNCc1cn(C)nc1C(C)C. The van der Waals surface area contributed by atoms with Gasteiger partial charge >= 0.3 is 0 Å². The summed E-state index contributed by atoms with van der Waals surface area (Å²) in [5.74, 6) is 0.484. The van der Waals surface area contributed by atoms with Crippen molar-refractivity contribution in [1.29, 1.82) is 0 Å². The average molecular weight is 267 g/mol. The molecule has 1 aromatic heterocycles. The molecule has 0 saturated carbocycles. The zero-order valence-electron chi connectivity index (χ0n) is 13.1. The minimum Gasteiger partial charge on any atom is -0.379 e. The molecule has 0 bridgehead atoms. The van der Waals surface area contributed by atoms with Crippen LogP contribution in [-0.4, -0.2) is 29.0 Å². The van der Waals surface area contributed by atoms with Crippen molar-refractivity contribution in [3.63, 3.8) is 0 Å². The molecule has 0 amide bonds. The van der Waals surface area contributed by atoms with Crippen LogP contribution in [0.15, 0.2) is 6.20 Å². The Morgan fingerprint density at radius 3 is 2.63 bits per heavy atom. The molecule has 1 N–H and O–H groups in total. The fourth-order valence-electron chi connectivity index (χ4n) is 2.07. The third-order valence-electron chi connectivity index (χ3n) is 3.00. The number of unbranched alkanes of at least 4 members (excludes halogenated alkanes) is 1. The lowest BCUT2D eigenvalue weighted by Crippen LogP contribution is -2.16. The molecular weight excluding hydrogens is 238 g/mol. The summed E-state index contributed by atoms with van der Waals surface area (Å²) in [5, 5.41) is 8.00. The topological polar surface area (TPSA) is 39.1 Å². The molecule has 1 heterocycles. The van der Waals surface area contributed by atoms with Gasteiger partial charge in [-0.1, -0.05) is 13.8 Å².